The number of rotatable bonds is 49. The highest BCUT2D eigenvalue weighted by atomic mass is 16.7. The van der Waals surface area contributed by atoms with Crippen LogP contribution in [0.25, 0.3) is 0 Å². The third kappa shape index (κ3) is 43.5. The quantitative estimate of drug-likeness (QED) is 0.0343. The van der Waals surface area contributed by atoms with Gasteiger partial charge in [-0.1, -0.05) is 207 Å². The molecule has 0 spiro atoms. The lowest BCUT2D eigenvalue weighted by Crippen LogP contribution is -2.18. The molecule has 7 heteroatoms. The predicted octanol–water partition coefficient (Wildman–Crippen LogP) is 15.7. The van der Waals surface area contributed by atoms with E-state index in [2.05, 4.69) is 46.7 Å². The Hall–Kier alpha value is -1.18. The number of esters is 2. The standard InChI is InChI=1S/C53H105NO6/c1-7-11-25-34-49(35-26-12-8-2)42-46-58-52(55)40-31-23-19-15-17-21-29-38-51(60-48-57-45-33-44-54(5)6)39-30-22-18-16-20-24-32-41-53(56)59-47-43-50(36-27-13-9-3)37-28-14-10-4/h49-51H,7-48H2,1-6H3. The average Bonchev–Trinajstić information content (AvgIpc) is 3.23. The predicted molar refractivity (Wildman–Crippen MR) is 257 cm³/mol. The fourth-order valence-corrected chi connectivity index (χ4v) is 8.47. The molecule has 0 rings (SSSR count). The molecule has 7 nitrogen and oxygen atoms in total. The zero-order valence-corrected chi connectivity index (χ0v) is 41.3. The maximum atomic E-state index is 12.4. The molecule has 0 saturated carbocycles. The molecule has 0 bridgehead atoms. The van der Waals surface area contributed by atoms with Gasteiger partial charge in [0.15, 0.2) is 0 Å². The van der Waals surface area contributed by atoms with Crippen molar-refractivity contribution in [1.29, 1.82) is 0 Å². The molecule has 0 heterocycles. The summed E-state index contributed by atoms with van der Waals surface area (Å²) in [7, 11) is 4.20. The van der Waals surface area contributed by atoms with Gasteiger partial charge in [0.05, 0.1) is 25.9 Å². The molecule has 0 aliphatic heterocycles. The molecule has 0 aromatic heterocycles. The van der Waals surface area contributed by atoms with E-state index < -0.39 is 0 Å². The number of nitrogens with zero attached hydrogens (tertiary/aromatic N) is 1. The Labute approximate surface area is 374 Å². The molecule has 0 aliphatic carbocycles. The summed E-state index contributed by atoms with van der Waals surface area (Å²) in [4.78, 5) is 26.9. The topological polar surface area (TPSA) is 74.3 Å². The van der Waals surface area contributed by atoms with Gasteiger partial charge in [0.1, 0.15) is 6.79 Å². The Morgan fingerprint density at radius 2 is 0.750 bits per heavy atom. The number of carbonyl (C=O) groups is 2. The first-order valence-corrected chi connectivity index (χ1v) is 26.5. The molecule has 0 N–H and O–H groups in total. The number of ether oxygens (including phenoxy) is 4. The van der Waals surface area contributed by atoms with Crippen LogP contribution in [0.3, 0.4) is 0 Å². The van der Waals surface area contributed by atoms with Crippen LogP contribution >= 0.6 is 0 Å². The van der Waals surface area contributed by atoms with Crippen LogP contribution in [0, 0.1) is 11.8 Å². The van der Waals surface area contributed by atoms with Crippen LogP contribution in [0.1, 0.15) is 265 Å². The summed E-state index contributed by atoms with van der Waals surface area (Å²) in [6, 6.07) is 0. The van der Waals surface area contributed by atoms with Gasteiger partial charge in [-0.15, -0.1) is 0 Å². The van der Waals surface area contributed by atoms with Gasteiger partial charge in [-0.2, -0.15) is 0 Å². The van der Waals surface area contributed by atoms with Crippen LogP contribution in [0.2, 0.25) is 0 Å². The second kappa shape index (κ2) is 47.3. The first-order chi connectivity index (χ1) is 29.4. The van der Waals surface area contributed by atoms with Crippen molar-refractivity contribution >= 4 is 11.9 Å². The van der Waals surface area contributed by atoms with E-state index in [-0.39, 0.29) is 18.0 Å². The lowest BCUT2D eigenvalue weighted by molar-refractivity contribution is -0.145. The fourth-order valence-electron chi connectivity index (χ4n) is 8.47. The summed E-state index contributed by atoms with van der Waals surface area (Å²) in [5.74, 6) is 1.44. The third-order valence-corrected chi connectivity index (χ3v) is 12.5. The van der Waals surface area contributed by atoms with Crippen LogP contribution in [-0.2, 0) is 28.5 Å². The molecule has 60 heavy (non-hydrogen) atoms. The Kier molecular flexibility index (Phi) is 46.4. The van der Waals surface area contributed by atoms with Crippen LogP contribution in [0.4, 0.5) is 0 Å². The highest BCUT2D eigenvalue weighted by Crippen LogP contribution is 2.23. The highest BCUT2D eigenvalue weighted by Gasteiger charge is 2.13. The molecule has 0 unspecified atom stereocenters. The van der Waals surface area contributed by atoms with Gasteiger partial charge < -0.3 is 23.8 Å². The molecular formula is C53H105NO6. The maximum Gasteiger partial charge on any atom is 0.305 e. The molecule has 0 fully saturated rings. The first-order valence-electron chi connectivity index (χ1n) is 26.5. The van der Waals surface area contributed by atoms with Crippen molar-refractivity contribution in [3.8, 4) is 0 Å². The van der Waals surface area contributed by atoms with Gasteiger partial charge >= 0.3 is 11.9 Å². The van der Waals surface area contributed by atoms with E-state index >= 15 is 0 Å². The van der Waals surface area contributed by atoms with Crippen LogP contribution in [0.5, 0.6) is 0 Å². The summed E-state index contributed by atoms with van der Waals surface area (Å²) < 4.78 is 23.4. The van der Waals surface area contributed by atoms with Crippen molar-refractivity contribution in [1.82, 2.24) is 4.90 Å². The van der Waals surface area contributed by atoms with E-state index in [1.54, 1.807) is 0 Å². The summed E-state index contributed by atoms with van der Waals surface area (Å²) >= 11 is 0. The van der Waals surface area contributed by atoms with Crippen molar-refractivity contribution in [2.75, 3.05) is 47.3 Å². The van der Waals surface area contributed by atoms with Crippen molar-refractivity contribution < 1.29 is 28.5 Å². The normalized spacial score (nSPS) is 11.8. The molecule has 0 aliphatic rings. The van der Waals surface area contributed by atoms with Crippen LogP contribution < -0.4 is 0 Å². The van der Waals surface area contributed by atoms with Crippen LogP contribution in [0.15, 0.2) is 0 Å². The maximum absolute atomic E-state index is 12.4. The van der Waals surface area contributed by atoms with Crippen LogP contribution in [-0.4, -0.2) is 70.2 Å². The number of unbranched alkanes of at least 4 members (excludes halogenated alkanes) is 20. The zero-order chi connectivity index (χ0) is 44.0. The molecule has 0 atom stereocenters. The monoisotopic (exact) mass is 852 g/mol. The molecule has 358 valence electrons. The van der Waals surface area contributed by atoms with Gasteiger partial charge in [-0.3, -0.25) is 9.59 Å². The van der Waals surface area contributed by atoms with Gasteiger partial charge in [0, 0.05) is 12.8 Å². The molecular weight excluding hydrogens is 747 g/mol. The van der Waals surface area contributed by atoms with Crippen molar-refractivity contribution in [2.24, 2.45) is 11.8 Å². The van der Waals surface area contributed by atoms with Gasteiger partial charge in [0.25, 0.3) is 0 Å². The Balaban J connectivity index is 4.16. The Bertz CT molecular complexity index is 803. The largest absolute Gasteiger partial charge is 0.466 e. The van der Waals surface area contributed by atoms with Crippen molar-refractivity contribution in [3.05, 3.63) is 0 Å². The van der Waals surface area contributed by atoms with E-state index in [4.69, 9.17) is 18.9 Å². The molecule has 0 amide bonds. The Morgan fingerprint density at radius 1 is 0.400 bits per heavy atom. The minimum atomic E-state index is 0.00208. The number of carbonyl (C=O) groups excluding carboxylic acids is 2. The molecule has 0 radical (unpaired) electrons. The SMILES string of the molecule is CCCCCC(CCCCC)CCOC(=O)CCCCCCCCCC(CCCCCCCCCC(=O)OCCC(CCCCC)CCCCC)OCOCCCN(C)C. The molecule has 0 saturated heterocycles. The van der Waals surface area contributed by atoms with Gasteiger partial charge in [-0.25, -0.2) is 0 Å². The summed E-state index contributed by atoms with van der Waals surface area (Å²) in [6.45, 7) is 12.5. The summed E-state index contributed by atoms with van der Waals surface area (Å²) in [6.07, 6.45) is 43.9. The zero-order valence-electron chi connectivity index (χ0n) is 41.3. The van der Waals surface area contributed by atoms with E-state index in [1.165, 1.54) is 167 Å². The van der Waals surface area contributed by atoms with E-state index in [9.17, 15) is 9.59 Å². The van der Waals surface area contributed by atoms with E-state index in [0.717, 1.165) is 70.9 Å². The Morgan fingerprint density at radius 3 is 1.12 bits per heavy atom. The van der Waals surface area contributed by atoms with Crippen molar-refractivity contribution in [3.63, 3.8) is 0 Å². The third-order valence-electron chi connectivity index (χ3n) is 12.5. The highest BCUT2D eigenvalue weighted by molar-refractivity contribution is 5.69. The number of hydrogen-bond acceptors (Lipinski definition) is 7. The number of hydrogen-bond donors (Lipinski definition) is 0. The van der Waals surface area contributed by atoms with Gasteiger partial charge in [0.2, 0.25) is 0 Å². The van der Waals surface area contributed by atoms with E-state index in [0.29, 0.717) is 44.7 Å². The summed E-state index contributed by atoms with van der Waals surface area (Å²) in [5, 5.41) is 0. The average molecular weight is 852 g/mol. The second-order valence-corrected chi connectivity index (χ2v) is 18.7. The van der Waals surface area contributed by atoms with E-state index in [1.807, 2.05) is 0 Å². The van der Waals surface area contributed by atoms with Crippen molar-refractivity contribution in [2.45, 2.75) is 271 Å². The fraction of sp³-hybridized carbons (Fsp3) is 0.962. The first kappa shape index (κ1) is 58.8. The van der Waals surface area contributed by atoms with Gasteiger partial charge in [-0.05, 0) is 77.4 Å². The lowest BCUT2D eigenvalue weighted by Gasteiger charge is -2.18. The minimum Gasteiger partial charge on any atom is -0.466 e. The molecule has 0 aromatic rings. The smallest absolute Gasteiger partial charge is 0.305 e. The molecule has 0 aromatic carbocycles. The minimum absolute atomic E-state index is 0.00208. The summed E-state index contributed by atoms with van der Waals surface area (Å²) in [5.41, 5.74) is 0. The second-order valence-electron chi connectivity index (χ2n) is 18.7. The lowest BCUT2D eigenvalue weighted by atomic mass is 9.92.